The van der Waals surface area contributed by atoms with Gasteiger partial charge < -0.3 is 5.32 Å². The van der Waals surface area contributed by atoms with Gasteiger partial charge in [0.25, 0.3) is 0 Å². The number of aryl methyl sites for hydroxylation is 1. The lowest BCUT2D eigenvalue weighted by atomic mass is 10.4. The second-order valence-electron chi connectivity index (χ2n) is 3.15. The topological polar surface area (TPSA) is 50.7 Å². The van der Waals surface area contributed by atoms with E-state index in [-0.39, 0.29) is 0 Å². The van der Waals surface area contributed by atoms with Crippen molar-refractivity contribution in [3.63, 3.8) is 0 Å². The molecule has 2 aromatic rings. The van der Waals surface area contributed by atoms with Crippen LogP contribution in [0.1, 0.15) is 5.82 Å². The first-order chi connectivity index (χ1) is 7.78. The molecule has 16 heavy (non-hydrogen) atoms. The average Bonchev–Trinajstić information content (AvgIpc) is 2.29. The van der Waals surface area contributed by atoms with E-state index in [0.717, 1.165) is 10.7 Å². The molecular weight excluding hydrogens is 220 g/mol. The van der Waals surface area contributed by atoms with Crippen LogP contribution in [0.25, 0.3) is 0 Å². The van der Waals surface area contributed by atoms with E-state index in [1.165, 1.54) is 11.8 Å². The molecule has 82 valence electrons. The molecule has 0 aliphatic heterocycles. The molecule has 0 aliphatic rings. The van der Waals surface area contributed by atoms with E-state index in [4.69, 9.17) is 0 Å². The number of nitrogens with one attached hydrogen (secondary N) is 1. The third kappa shape index (κ3) is 2.70. The smallest absolute Gasteiger partial charge is 0.226 e. The Labute approximate surface area is 98.6 Å². The minimum Gasteiger partial charge on any atom is -0.357 e. The third-order valence-corrected chi connectivity index (χ3v) is 2.78. The van der Waals surface area contributed by atoms with Gasteiger partial charge in [-0.05, 0) is 30.8 Å². The van der Waals surface area contributed by atoms with E-state index in [9.17, 15) is 0 Å². The summed E-state index contributed by atoms with van der Waals surface area (Å²) >= 11 is 1.53. The Morgan fingerprint density at radius 2 is 1.81 bits per heavy atom. The summed E-state index contributed by atoms with van der Waals surface area (Å²) in [5.41, 5.74) is 0. The summed E-state index contributed by atoms with van der Waals surface area (Å²) in [6.07, 6.45) is 0. The van der Waals surface area contributed by atoms with Crippen LogP contribution in [0.2, 0.25) is 0 Å². The largest absolute Gasteiger partial charge is 0.357 e. The van der Waals surface area contributed by atoms with E-state index in [1.54, 1.807) is 7.05 Å². The summed E-state index contributed by atoms with van der Waals surface area (Å²) in [4.78, 5) is 13.8. The van der Waals surface area contributed by atoms with Gasteiger partial charge in [0.15, 0.2) is 5.16 Å². The Morgan fingerprint density at radius 3 is 2.50 bits per heavy atom. The fourth-order valence-corrected chi connectivity index (χ4v) is 2.02. The van der Waals surface area contributed by atoms with Gasteiger partial charge in [-0.2, -0.15) is 9.97 Å². The first-order valence-electron chi connectivity index (χ1n) is 4.91. The van der Waals surface area contributed by atoms with Crippen LogP contribution < -0.4 is 5.32 Å². The van der Waals surface area contributed by atoms with E-state index in [0.29, 0.717) is 11.1 Å². The highest BCUT2D eigenvalue weighted by Crippen LogP contribution is 2.24. The van der Waals surface area contributed by atoms with Crippen molar-refractivity contribution in [2.75, 3.05) is 12.4 Å². The van der Waals surface area contributed by atoms with E-state index in [2.05, 4.69) is 20.3 Å². The fourth-order valence-electron chi connectivity index (χ4n) is 1.21. The summed E-state index contributed by atoms with van der Waals surface area (Å²) in [7, 11) is 1.80. The van der Waals surface area contributed by atoms with Gasteiger partial charge in [-0.1, -0.05) is 18.2 Å². The van der Waals surface area contributed by atoms with Gasteiger partial charge in [-0.25, -0.2) is 4.98 Å². The molecule has 0 aliphatic carbocycles. The molecule has 0 bridgehead atoms. The van der Waals surface area contributed by atoms with Crippen molar-refractivity contribution in [3.8, 4) is 0 Å². The van der Waals surface area contributed by atoms with Gasteiger partial charge in [0.2, 0.25) is 5.95 Å². The molecule has 5 heteroatoms. The standard InChI is InChI=1S/C11H12N4S/c1-8-13-10(12-2)15-11(14-8)16-9-6-4-3-5-7-9/h3-7H,1-2H3,(H,12,13,14,15). The Bertz CT molecular complexity index is 473. The predicted molar refractivity (Wildman–Crippen MR) is 64.7 cm³/mol. The second-order valence-corrected chi connectivity index (χ2v) is 4.19. The maximum Gasteiger partial charge on any atom is 0.226 e. The van der Waals surface area contributed by atoms with Crippen molar-refractivity contribution in [1.29, 1.82) is 0 Å². The Hall–Kier alpha value is -1.62. The van der Waals surface area contributed by atoms with Crippen LogP contribution >= 0.6 is 11.8 Å². The lowest BCUT2D eigenvalue weighted by molar-refractivity contribution is 0.864. The van der Waals surface area contributed by atoms with E-state index in [1.807, 2.05) is 37.3 Å². The van der Waals surface area contributed by atoms with Crippen molar-refractivity contribution in [1.82, 2.24) is 15.0 Å². The van der Waals surface area contributed by atoms with Gasteiger partial charge in [0.05, 0.1) is 0 Å². The highest BCUT2D eigenvalue weighted by molar-refractivity contribution is 7.99. The maximum atomic E-state index is 4.28. The number of nitrogens with zero attached hydrogens (tertiary/aromatic N) is 3. The monoisotopic (exact) mass is 232 g/mol. The quantitative estimate of drug-likeness (QED) is 0.880. The number of rotatable bonds is 3. The van der Waals surface area contributed by atoms with Crippen molar-refractivity contribution < 1.29 is 0 Å². The van der Waals surface area contributed by atoms with E-state index >= 15 is 0 Å². The molecule has 0 unspecified atom stereocenters. The molecule has 4 nitrogen and oxygen atoms in total. The molecule has 0 radical (unpaired) electrons. The molecule has 1 aromatic carbocycles. The van der Waals surface area contributed by atoms with Gasteiger partial charge in [-0.3, -0.25) is 0 Å². The van der Waals surface area contributed by atoms with Crippen LogP contribution in [-0.4, -0.2) is 22.0 Å². The Balaban J connectivity index is 2.24. The molecule has 2 rings (SSSR count). The number of anilines is 1. The molecule has 0 saturated heterocycles. The fraction of sp³-hybridized carbons (Fsp3) is 0.182. The maximum absolute atomic E-state index is 4.28. The van der Waals surface area contributed by atoms with Gasteiger partial charge >= 0.3 is 0 Å². The minimum atomic E-state index is 0.603. The third-order valence-electron chi connectivity index (χ3n) is 1.90. The predicted octanol–water partition coefficient (Wildman–Crippen LogP) is 2.37. The van der Waals surface area contributed by atoms with Crippen molar-refractivity contribution in [2.45, 2.75) is 17.0 Å². The highest BCUT2D eigenvalue weighted by atomic mass is 32.2. The number of aromatic nitrogens is 3. The molecule has 0 saturated carbocycles. The van der Waals surface area contributed by atoms with Crippen LogP contribution in [0.4, 0.5) is 5.95 Å². The lowest BCUT2D eigenvalue weighted by Crippen LogP contribution is -2.01. The zero-order chi connectivity index (χ0) is 11.4. The SMILES string of the molecule is CNc1nc(C)nc(Sc2ccccc2)n1. The molecule has 1 N–H and O–H groups in total. The molecule has 0 amide bonds. The van der Waals surface area contributed by atoms with Crippen molar-refractivity contribution in [2.24, 2.45) is 0 Å². The van der Waals surface area contributed by atoms with Crippen LogP contribution in [-0.2, 0) is 0 Å². The zero-order valence-electron chi connectivity index (χ0n) is 9.14. The lowest BCUT2D eigenvalue weighted by Gasteiger charge is -2.03. The van der Waals surface area contributed by atoms with Gasteiger partial charge in [-0.15, -0.1) is 0 Å². The molecule has 1 heterocycles. The first kappa shape index (κ1) is 10.9. The Morgan fingerprint density at radius 1 is 1.06 bits per heavy atom. The van der Waals surface area contributed by atoms with E-state index < -0.39 is 0 Å². The Kier molecular flexibility index (Phi) is 3.36. The summed E-state index contributed by atoms with van der Waals surface area (Å²) in [6.45, 7) is 1.86. The summed E-state index contributed by atoms with van der Waals surface area (Å²) in [6, 6.07) is 10.0. The normalized spacial score (nSPS) is 10.1. The van der Waals surface area contributed by atoms with Gasteiger partial charge in [0, 0.05) is 11.9 Å². The summed E-state index contributed by atoms with van der Waals surface area (Å²) in [5.74, 6) is 1.32. The van der Waals surface area contributed by atoms with Crippen molar-refractivity contribution in [3.05, 3.63) is 36.2 Å². The summed E-state index contributed by atoms with van der Waals surface area (Å²) in [5, 5.41) is 3.63. The molecule has 0 fully saturated rings. The highest BCUT2D eigenvalue weighted by Gasteiger charge is 2.04. The number of hydrogen-bond donors (Lipinski definition) is 1. The molecule has 1 aromatic heterocycles. The van der Waals surface area contributed by atoms with Gasteiger partial charge in [0.1, 0.15) is 5.82 Å². The van der Waals surface area contributed by atoms with Crippen LogP contribution in [0.3, 0.4) is 0 Å². The van der Waals surface area contributed by atoms with Crippen LogP contribution in [0.5, 0.6) is 0 Å². The summed E-state index contributed by atoms with van der Waals surface area (Å²) < 4.78 is 0. The average molecular weight is 232 g/mol. The molecule has 0 spiro atoms. The molecular formula is C11H12N4S. The first-order valence-corrected chi connectivity index (χ1v) is 5.73. The molecule has 0 atom stereocenters. The number of benzene rings is 1. The number of hydrogen-bond acceptors (Lipinski definition) is 5. The minimum absolute atomic E-state index is 0.603. The second kappa shape index (κ2) is 4.94. The van der Waals surface area contributed by atoms with Crippen LogP contribution in [0, 0.1) is 6.92 Å². The van der Waals surface area contributed by atoms with Crippen LogP contribution in [0.15, 0.2) is 40.4 Å². The van der Waals surface area contributed by atoms with Crippen molar-refractivity contribution >= 4 is 17.7 Å². The zero-order valence-corrected chi connectivity index (χ0v) is 9.95.